The molecule has 1 fully saturated rings. The molecule has 9 heteroatoms. The SMILES string of the molecule is COc1ccc(-c2cncc(C(=O)N3C[C@@H](C(F)(F)F)[C@H](C(=O)O)C3)c2)cc1. The number of carboxylic acids is 1. The molecule has 2 heterocycles. The van der Waals surface area contributed by atoms with Crippen LogP contribution in [0.25, 0.3) is 11.1 Å². The number of likely N-dealkylation sites (tertiary alicyclic amines) is 1. The quantitative estimate of drug-likeness (QED) is 0.862. The average molecular weight is 394 g/mol. The Balaban J connectivity index is 1.84. The Morgan fingerprint density at radius 1 is 1.14 bits per heavy atom. The minimum atomic E-state index is -4.69. The van der Waals surface area contributed by atoms with Gasteiger partial charge in [-0.1, -0.05) is 12.1 Å². The standard InChI is InChI=1S/C19H17F3N2O4/c1-28-14-4-2-11(3-5-14)12-6-13(8-23-7-12)17(25)24-9-15(18(26)27)16(10-24)19(20,21)22/h2-8,15-16H,9-10H2,1H3,(H,26,27)/t15-,16-/m1/s1. The lowest BCUT2D eigenvalue weighted by Crippen LogP contribution is -2.34. The number of hydrogen-bond acceptors (Lipinski definition) is 4. The zero-order valence-corrected chi connectivity index (χ0v) is 14.8. The molecule has 1 N–H and O–H groups in total. The number of alkyl halides is 3. The molecular weight excluding hydrogens is 377 g/mol. The van der Waals surface area contributed by atoms with Gasteiger partial charge in [0.25, 0.3) is 5.91 Å². The van der Waals surface area contributed by atoms with Gasteiger partial charge in [0, 0.05) is 31.0 Å². The van der Waals surface area contributed by atoms with Crippen LogP contribution in [0.2, 0.25) is 0 Å². The van der Waals surface area contributed by atoms with Gasteiger partial charge < -0.3 is 14.7 Å². The van der Waals surface area contributed by atoms with Gasteiger partial charge in [-0.2, -0.15) is 13.2 Å². The first-order valence-electron chi connectivity index (χ1n) is 8.39. The number of pyridine rings is 1. The number of rotatable bonds is 4. The van der Waals surface area contributed by atoms with E-state index in [9.17, 15) is 22.8 Å². The first kappa shape index (κ1) is 19.7. The number of aliphatic carboxylic acids is 1. The summed E-state index contributed by atoms with van der Waals surface area (Å²) >= 11 is 0. The topological polar surface area (TPSA) is 79.7 Å². The third kappa shape index (κ3) is 3.92. The van der Waals surface area contributed by atoms with E-state index in [2.05, 4.69) is 4.98 Å². The lowest BCUT2D eigenvalue weighted by atomic mass is 9.96. The summed E-state index contributed by atoms with van der Waals surface area (Å²) in [6, 6.07) is 8.51. The summed E-state index contributed by atoms with van der Waals surface area (Å²) in [5.74, 6) is -5.36. The van der Waals surface area contributed by atoms with Gasteiger partial charge in [-0.15, -0.1) is 0 Å². The maximum atomic E-state index is 13.1. The van der Waals surface area contributed by atoms with Crippen molar-refractivity contribution in [2.75, 3.05) is 20.2 Å². The highest BCUT2D eigenvalue weighted by atomic mass is 19.4. The molecule has 1 aromatic heterocycles. The lowest BCUT2D eigenvalue weighted by Gasteiger charge is -2.18. The molecule has 1 aliphatic heterocycles. The van der Waals surface area contributed by atoms with Crippen molar-refractivity contribution < 1.29 is 32.6 Å². The normalized spacial score (nSPS) is 19.5. The molecule has 148 valence electrons. The summed E-state index contributed by atoms with van der Waals surface area (Å²) in [5.41, 5.74) is 1.45. The monoisotopic (exact) mass is 394 g/mol. The molecule has 2 aromatic rings. The van der Waals surface area contributed by atoms with Gasteiger partial charge in [-0.25, -0.2) is 0 Å². The van der Waals surface area contributed by atoms with Crippen molar-refractivity contribution in [2.45, 2.75) is 6.18 Å². The van der Waals surface area contributed by atoms with Gasteiger partial charge in [0.2, 0.25) is 0 Å². The fourth-order valence-electron chi connectivity index (χ4n) is 3.23. The van der Waals surface area contributed by atoms with E-state index in [1.165, 1.54) is 25.6 Å². The molecule has 3 rings (SSSR count). The Labute approximate surface area is 158 Å². The second-order valence-electron chi connectivity index (χ2n) is 6.49. The average Bonchev–Trinajstić information content (AvgIpc) is 3.14. The largest absolute Gasteiger partial charge is 0.497 e. The molecule has 1 amide bonds. The van der Waals surface area contributed by atoms with Gasteiger partial charge >= 0.3 is 12.1 Å². The van der Waals surface area contributed by atoms with Crippen molar-refractivity contribution in [3.63, 3.8) is 0 Å². The Morgan fingerprint density at radius 2 is 1.82 bits per heavy atom. The summed E-state index contributed by atoms with van der Waals surface area (Å²) in [6.45, 7) is -1.18. The van der Waals surface area contributed by atoms with Crippen LogP contribution in [-0.4, -0.2) is 53.2 Å². The number of methoxy groups -OCH3 is 1. The summed E-state index contributed by atoms with van der Waals surface area (Å²) < 4.78 is 44.5. The molecule has 0 radical (unpaired) electrons. The van der Waals surface area contributed by atoms with E-state index in [0.717, 1.165) is 10.5 Å². The number of ether oxygens (including phenoxy) is 1. The number of hydrogen-bond donors (Lipinski definition) is 1. The number of halogens is 3. The Hall–Kier alpha value is -3.10. The van der Waals surface area contributed by atoms with Crippen molar-refractivity contribution in [1.82, 2.24) is 9.88 Å². The number of carbonyl (C=O) groups excluding carboxylic acids is 1. The van der Waals surface area contributed by atoms with Crippen LogP contribution in [0.1, 0.15) is 10.4 Å². The number of carboxylic acid groups (broad SMARTS) is 1. The van der Waals surface area contributed by atoms with Crippen molar-refractivity contribution in [3.8, 4) is 16.9 Å². The maximum absolute atomic E-state index is 13.1. The minimum absolute atomic E-state index is 0.0975. The first-order chi connectivity index (χ1) is 13.2. The van der Waals surface area contributed by atoms with Crippen LogP contribution in [0.15, 0.2) is 42.7 Å². The van der Waals surface area contributed by atoms with Gasteiger partial charge in [-0.05, 0) is 23.8 Å². The summed E-state index contributed by atoms with van der Waals surface area (Å²) in [5, 5.41) is 9.09. The minimum Gasteiger partial charge on any atom is -0.497 e. The number of nitrogens with zero attached hydrogens (tertiary/aromatic N) is 2. The molecule has 0 aliphatic carbocycles. The maximum Gasteiger partial charge on any atom is 0.394 e. The molecule has 2 atom stereocenters. The van der Waals surface area contributed by atoms with Crippen LogP contribution in [0.5, 0.6) is 5.75 Å². The van der Waals surface area contributed by atoms with Crippen LogP contribution < -0.4 is 4.74 Å². The molecule has 1 aromatic carbocycles. The van der Waals surface area contributed by atoms with Crippen molar-refractivity contribution in [2.24, 2.45) is 11.8 Å². The first-order valence-corrected chi connectivity index (χ1v) is 8.39. The Morgan fingerprint density at radius 3 is 2.36 bits per heavy atom. The summed E-state index contributed by atoms with van der Waals surface area (Å²) in [6.07, 6.45) is -1.91. The molecule has 6 nitrogen and oxygen atoms in total. The Kier molecular flexibility index (Phi) is 5.26. The molecule has 1 saturated heterocycles. The fraction of sp³-hybridized carbons (Fsp3) is 0.316. The highest BCUT2D eigenvalue weighted by Gasteiger charge is 2.53. The lowest BCUT2D eigenvalue weighted by molar-refractivity contribution is -0.187. The number of aromatic nitrogens is 1. The third-order valence-electron chi connectivity index (χ3n) is 4.75. The van der Waals surface area contributed by atoms with Crippen LogP contribution in [0.4, 0.5) is 13.2 Å². The number of benzene rings is 1. The highest BCUT2D eigenvalue weighted by Crippen LogP contribution is 2.38. The van der Waals surface area contributed by atoms with E-state index < -0.39 is 43.0 Å². The van der Waals surface area contributed by atoms with Crippen molar-refractivity contribution in [1.29, 1.82) is 0 Å². The predicted molar refractivity (Wildman–Crippen MR) is 92.8 cm³/mol. The molecule has 0 spiro atoms. The van der Waals surface area contributed by atoms with Crippen LogP contribution in [0.3, 0.4) is 0 Å². The molecule has 0 bridgehead atoms. The second-order valence-corrected chi connectivity index (χ2v) is 6.49. The zero-order chi connectivity index (χ0) is 20.5. The molecule has 0 unspecified atom stereocenters. The number of carbonyl (C=O) groups is 2. The van der Waals surface area contributed by atoms with E-state index in [-0.39, 0.29) is 5.56 Å². The van der Waals surface area contributed by atoms with Gasteiger partial charge in [-0.3, -0.25) is 14.6 Å². The summed E-state index contributed by atoms with van der Waals surface area (Å²) in [4.78, 5) is 28.8. The molecule has 0 saturated carbocycles. The van der Waals surface area contributed by atoms with Crippen LogP contribution in [0, 0.1) is 11.8 Å². The van der Waals surface area contributed by atoms with E-state index in [1.807, 2.05) is 0 Å². The van der Waals surface area contributed by atoms with E-state index in [4.69, 9.17) is 9.84 Å². The molecule has 28 heavy (non-hydrogen) atoms. The highest BCUT2D eigenvalue weighted by molar-refractivity contribution is 5.95. The van der Waals surface area contributed by atoms with Crippen molar-refractivity contribution in [3.05, 3.63) is 48.3 Å². The molecule has 1 aliphatic rings. The predicted octanol–water partition coefficient (Wildman–Crippen LogP) is 3.09. The van der Waals surface area contributed by atoms with E-state index in [0.29, 0.717) is 11.3 Å². The van der Waals surface area contributed by atoms with E-state index in [1.54, 1.807) is 24.3 Å². The second kappa shape index (κ2) is 7.49. The van der Waals surface area contributed by atoms with Crippen LogP contribution in [-0.2, 0) is 4.79 Å². The van der Waals surface area contributed by atoms with Gasteiger partial charge in [0.1, 0.15) is 5.75 Å². The Bertz CT molecular complexity index is 883. The third-order valence-corrected chi connectivity index (χ3v) is 4.75. The zero-order valence-electron chi connectivity index (χ0n) is 14.8. The van der Waals surface area contributed by atoms with E-state index >= 15 is 0 Å². The molecular formula is C19H17F3N2O4. The van der Waals surface area contributed by atoms with Gasteiger partial charge in [0.05, 0.1) is 24.5 Å². The summed E-state index contributed by atoms with van der Waals surface area (Å²) in [7, 11) is 1.53. The van der Waals surface area contributed by atoms with Crippen LogP contribution >= 0.6 is 0 Å². The fourth-order valence-corrected chi connectivity index (χ4v) is 3.23. The smallest absolute Gasteiger partial charge is 0.394 e. The van der Waals surface area contributed by atoms with Gasteiger partial charge in [0.15, 0.2) is 0 Å². The number of amides is 1. The van der Waals surface area contributed by atoms with Crippen molar-refractivity contribution >= 4 is 11.9 Å².